The van der Waals surface area contributed by atoms with Crippen molar-refractivity contribution in [3.63, 3.8) is 0 Å². The number of amides is 1. The summed E-state index contributed by atoms with van der Waals surface area (Å²) < 4.78 is 19.4. The SMILES string of the molecule is CCC(Oc1ccc2c(c1)CCC2)C(=O)NC(CCN(C)C)c1ccc(F)cc1. The Balaban J connectivity index is 1.69. The minimum atomic E-state index is -0.559. The lowest BCUT2D eigenvalue weighted by Crippen LogP contribution is -2.40. The minimum Gasteiger partial charge on any atom is -0.481 e. The first kappa shape index (κ1) is 21.3. The smallest absolute Gasteiger partial charge is 0.261 e. The van der Waals surface area contributed by atoms with Crippen molar-refractivity contribution < 1.29 is 13.9 Å². The van der Waals surface area contributed by atoms with Crippen LogP contribution in [0.5, 0.6) is 5.75 Å². The maximum atomic E-state index is 13.3. The summed E-state index contributed by atoms with van der Waals surface area (Å²) in [5.41, 5.74) is 3.61. The number of ether oxygens (including phenoxy) is 1. The number of benzene rings is 2. The van der Waals surface area contributed by atoms with Crippen molar-refractivity contribution in [3.8, 4) is 5.75 Å². The van der Waals surface area contributed by atoms with Gasteiger partial charge in [-0.15, -0.1) is 0 Å². The van der Waals surface area contributed by atoms with E-state index in [4.69, 9.17) is 4.74 Å². The van der Waals surface area contributed by atoms with Gasteiger partial charge in [0.1, 0.15) is 11.6 Å². The molecule has 29 heavy (non-hydrogen) atoms. The van der Waals surface area contributed by atoms with E-state index >= 15 is 0 Å². The summed E-state index contributed by atoms with van der Waals surface area (Å²) in [5, 5.41) is 3.12. The molecule has 1 N–H and O–H groups in total. The summed E-state index contributed by atoms with van der Waals surface area (Å²) in [5.74, 6) is 0.332. The zero-order valence-corrected chi connectivity index (χ0v) is 17.6. The summed E-state index contributed by atoms with van der Waals surface area (Å²) in [6, 6.07) is 12.3. The van der Waals surface area contributed by atoms with Gasteiger partial charge in [-0.3, -0.25) is 4.79 Å². The molecule has 0 spiro atoms. The summed E-state index contributed by atoms with van der Waals surface area (Å²) in [4.78, 5) is 15.1. The van der Waals surface area contributed by atoms with Crippen LogP contribution in [0.25, 0.3) is 0 Å². The Morgan fingerprint density at radius 1 is 1.14 bits per heavy atom. The predicted molar refractivity (Wildman–Crippen MR) is 114 cm³/mol. The van der Waals surface area contributed by atoms with Gasteiger partial charge in [-0.25, -0.2) is 4.39 Å². The number of hydrogen-bond acceptors (Lipinski definition) is 3. The molecule has 156 valence electrons. The largest absolute Gasteiger partial charge is 0.481 e. The van der Waals surface area contributed by atoms with Gasteiger partial charge in [0.05, 0.1) is 6.04 Å². The van der Waals surface area contributed by atoms with E-state index in [0.717, 1.165) is 37.1 Å². The van der Waals surface area contributed by atoms with Crippen LogP contribution in [0, 0.1) is 5.82 Å². The van der Waals surface area contributed by atoms with Crippen LogP contribution >= 0.6 is 0 Å². The molecule has 0 aliphatic heterocycles. The summed E-state index contributed by atoms with van der Waals surface area (Å²) in [7, 11) is 3.99. The molecular formula is C24H31FN2O2. The highest BCUT2D eigenvalue weighted by molar-refractivity contribution is 5.81. The van der Waals surface area contributed by atoms with Crippen molar-refractivity contribution in [3.05, 3.63) is 65.0 Å². The first-order chi connectivity index (χ1) is 14.0. The van der Waals surface area contributed by atoms with Gasteiger partial charge in [-0.1, -0.05) is 25.1 Å². The lowest BCUT2D eigenvalue weighted by Gasteiger charge is -2.24. The summed E-state index contributed by atoms with van der Waals surface area (Å²) in [6.45, 7) is 2.76. The van der Waals surface area contributed by atoms with Gasteiger partial charge in [0.25, 0.3) is 5.91 Å². The average molecular weight is 399 g/mol. The molecule has 1 aliphatic carbocycles. The third kappa shape index (κ3) is 5.80. The third-order valence-corrected chi connectivity index (χ3v) is 5.47. The molecule has 1 amide bonds. The highest BCUT2D eigenvalue weighted by Crippen LogP contribution is 2.27. The lowest BCUT2D eigenvalue weighted by molar-refractivity contribution is -0.129. The number of halogens is 1. The number of nitrogens with one attached hydrogen (secondary N) is 1. The molecule has 2 aromatic carbocycles. The molecule has 0 bridgehead atoms. The van der Waals surface area contributed by atoms with Crippen molar-refractivity contribution in [2.24, 2.45) is 0 Å². The molecule has 2 atom stereocenters. The Hall–Kier alpha value is -2.40. The van der Waals surface area contributed by atoms with Gasteiger partial charge in [0, 0.05) is 0 Å². The number of carbonyl (C=O) groups excluding carboxylic acids is 1. The first-order valence-corrected chi connectivity index (χ1v) is 10.4. The Morgan fingerprint density at radius 2 is 1.86 bits per heavy atom. The van der Waals surface area contributed by atoms with E-state index in [0.29, 0.717) is 6.42 Å². The van der Waals surface area contributed by atoms with E-state index in [9.17, 15) is 9.18 Å². The van der Waals surface area contributed by atoms with Crippen molar-refractivity contribution in [2.75, 3.05) is 20.6 Å². The standard InChI is InChI=1S/C24H31FN2O2/c1-4-23(29-21-13-10-17-6-5-7-19(17)16-21)24(28)26-22(14-15-27(2)3)18-8-11-20(25)12-9-18/h8-13,16,22-23H,4-7,14-15H2,1-3H3,(H,26,28). The zero-order chi connectivity index (χ0) is 20.8. The Labute approximate surface area is 173 Å². The van der Waals surface area contributed by atoms with Crippen molar-refractivity contribution in [1.82, 2.24) is 10.2 Å². The molecule has 0 heterocycles. The fourth-order valence-electron chi connectivity index (χ4n) is 3.78. The second-order valence-corrected chi connectivity index (χ2v) is 8.00. The van der Waals surface area contributed by atoms with Crippen LogP contribution in [-0.4, -0.2) is 37.6 Å². The van der Waals surface area contributed by atoms with Crippen LogP contribution in [0.4, 0.5) is 4.39 Å². The molecule has 2 unspecified atom stereocenters. The number of aryl methyl sites for hydroxylation is 2. The maximum Gasteiger partial charge on any atom is 0.261 e. The van der Waals surface area contributed by atoms with Crippen LogP contribution in [0.1, 0.15) is 48.9 Å². The van der Waals surface area contributed by atoms with Gasteiger partial charge >= 0.3 is 0 Å². The van der Waals surface area contributed by atoms with Gasteiger partial charge < -0.3 is 15.0 Å². The number of nitrogens with zero attached hydrogens (tertiary/aromatic N) is 1. The second-order valence-electron chi connectivity index (χ2n) is 8.00. The number of carbonyl (C=O) groups is 1. The van der Waals surface area contributed by atoms with E-state index < -0.39 is 6.10 Å². The molecule has 4 nitrogen and oxygen atoms in total. The topological polar surface area (TPSA) is 41.6 Å². The van der Waals surface area contributed by atoms with Crippen LogP contribution in [0.3, 0.4) is 0 Å². The highest BCUT2D eigenvalue weighted by atomic mass is 19.1. The maximum absolute atomic E-state index is 13.3. The number of rotatable bonds is 9. The normalized spacial score (nSPS) is 15.1. The monoisotopic (exact) mass is 398 g/mol. The minimum absolute atomic E-state index is 0.138. The Morgan fingerprint density at radius 3 is 2.55 bits per heavy atom. The van der Waals surface area contributed by atoms with E-state index in [1.54, 1.807) is 12.1 Å². The molecule has 0 fully saturated rings. The quantitative estimate of drug-likeness (QED) is 0.685. The Kier molecular flexibility index (Phi) is 7.26. The molecule has 0 saturated carbocycles. The third-order valence-electron chi connectivity index (χ3n) is 5.47. The molecule has 1 aliphatic rings. The zero-order valence-electron chi connectivity index (χ0n) is 17.6. The van der Waals surface area contributed by atoms with Crippen molar-refractivity contribution in [2.45, 2.75) is 51.2 Å². The van der Waals surface area contributed by atoms with E-state index in [1.165, 1.54) is 29.7 Å². The number of hydrogen-bond donors (Lipinski definition) is 1. The van der Waals surface area contributed by atoms with Gasteiger partial charge in [-0.05, 0) is 93.7 Å². The summed E-state index contributed by atoms with van der Waals surface area (Å²) >= 11 is 0. The van der Waals surface area contributed by atoms with Gasteiger partial charge in [-0.2, -0.15) is 0 Å². The molecule has 0 radical (unpaired) electrons. The summed E-state index contributed by atoms with van der Waals surface area (Å²) in [6.07, 6.45) is 4.14. The molecular weight excluding hydrogens is 367 g/mol. The van der Waals surface area contributed by atoms with Gasteiger partial charge in [0.15, 0.2) is 6.10 Å². The fourth-order valence-corrected chi connectivity index (χ4v) is 3.78. The molecule has 5 heteroatoms. The van der Waals surface area contributed by atoms with E-state index in [-0.39, 0.29) is 17.8 Å². The van der Waals surface area contributed by atoms with E-state index in [2.05, 4.69) is 22.3 Å². The van der Waals surface area contributed by atoms with Crippen LogP contribution in [0.15, 0.2) is 42.5 Å². The Bertz CT molecular complexity index is 820. The first-order valence-electron chi connectivity index (χ1n) is 10.4. The lowest BCUT2D eigenvalue weighted by atomic mass is 10.0. The molecule has 3 rings (SSSR count). The highest BCUT2D eigenvalue weighted by Gasteiger charge is 2.23. The molecule has 2 aromatic rings. The number of fused-ring (bicyclic) bond motifs is 1. The van der Waals surface area contributed by atoms with Crippen LogP contribution in [0.2, 0.25) is 0 Å². The fraction of sp³-hybridized carbons (Fsp3) is 0.458. The molecule has 0 saturated heterocycles. The van der Waals surface area contributed by atoms with Gasteiger partial charge in [0.2, 0.25) is 0 Å². The van der Waals surface area contributed by atoms with Crippen LogP contribution < -0.4 is 10.1 Å². The second kappa shape index (κ2) is 9.88. The van der Waals surface area contributed by atoms with Crippen molar-refractivity contribution in [1.29, 1.82) is 0 Å². The van der Waals surface area contributed by atoms with Crippen molar-refractivity contribution >= 4 is 5.91 Å². The molecule has 0 aromatic heterocycles. The van der Waals surface area contributed by atoms with Crippen LogP contribution in [-0.2, 0) is 17.6 Å². The average Bonchev–Trinajstić information content (AvgIpc) is 3.17. The van der Waals surface area contributed by atoms with E-state index in [1.807, 2.05) is 27.1 Å². The predicted octanol–water partition coefficient (Wildman–Crippen LogP) is 4.28.